The number of thiophene rings is 1. The molecule has 0 saturated heterocycles. The number of carbonyl (C=O) groups is 2. The number of rotatable bonds is 4. The summed E-state index contributed by atoms with van der Waals surface area (Å²) in [5, 5.41) is 5.71. The number of pyridine rings is 1. The third kappa shape index (κ3) is 3.88. The Labute approximate surface area is 172 Å². The summed E-state index contributed by atoms with van der Waals surface area (Å²) in [7, 11) is 3.41. The third-order valence-electron chi connectivity index (χ3n) is 4.53. The zero-order valence-corrected chi connectivity index (χ0v) is 16.9. The largest absolute Gasteiger partial charge is 0.345 e. The van der Waals surface area contributed by atoms with Crippen molar-refractivity contribution in [3.63, 3.8) is 0 Å². The number of anilines is 1. The SMILES string of the molecule is CN(C)C(=O)c1ccc(NC(=O)c2cc(-c3cccs3)nc3ccccc23)cc1. The molecule has 2 heterocycles. The lowest BCUT2D eigenvalue weighted by Gasteiger charge is -2.12. The number of benzene rings is 2. The molecule has 4 aromatic rings. The number of nitrogens with one attached hydrogen (secondary N) is 1. The second-order valence-corrected chi connectivity index (χ2v) is 7.73. The van der Waals surface area contributed by atoms with E-state index in [1.54, 1.807) is 49.7 Å². The molecule has 6 heteroatoms. The predicted molar refractivity (Wildman–Crippen MR) is 117 cm³/mol. The molecule has 5 nitrogen and oxygen atoms in total. The van der Waals surface area contributed by atoms with Crippen molar-refractivity contribution >= 4 is 39.7 Å². The predicted octanol–water partition coefficient (Wildman–Crippen LogP) is 4.92. The second kappa shape index (κ2) is 7.85. The number of hydrogen-bond donors (Lipinski definition) is 1. The number of fused-ring (bicyclic) bond motifs is 1. The molecule has 0 atom stereocenters. The second-order valence-electron chi connectivity index (χ2n) is 6.78. The highest BCUT2D eigenvalue weighted by Gasteiger charge is 2.15. The lowest BCUT2D eigenvalue weighted by atomic mass is 10.1. The molecule has 2 amide bonds. The molecule has 0 aliphatic rings. The van der Waals surface area contributed by atoms with Gasteiger partial charge in [-0.05, 0) is 47.8 Å². The average molecular weight is 401 g/mol. The molecule has 4 rings (SSSR count). The maximum absolute atomic E-state index is 13.1. The molecular weight excluding hydrogens is 382 g/mol. The van der Waals surface area contributed by atoms with Crippen LogP contribution in [0.5, 0.6) is 0 Å². The number of hydrogen-bond acceptors (Lipinski definition) is 4. The van der Waals surface area contributed by atoms with Gasteiger partial charge in [0.2, 0.25) is 0 Å². The van der Waals surface area contributed by atoms with Crippen LogP contribution in [-0.2, 0) is 0 Å². The van der Waals surface area contributed by atoms with Gasteiger partial charge in [0, 0.05) is 30.7 Å². The van der Waals surface area contributed by atoms with Gasteiger partial charge in [0.25, 0.3) is 11.8 Å². The van der Waals surface area contributed by atoms with Gasteiger partial charge in [-0.25, -0.2) is 4.98 Å². The van der Waals surface area contributed by atoms with Crippen LogP contribution in [0.2, 0.25) is 0 Å². The molecule has 1 N–H and O–H groups in total. The molecule has 0 spiro atoms. The highest BCUT2D eigenvalue weighted by molar-refractivity contribution is 7.13. The smallest absolute Gasteiger partial charge is 0.256 e. The molecule has 144 valence electrons. The Morgan fingerprint density at radius 1 is 0.966 bits per heavy atom. The first kappa shape index (κ1) is 18.8. The maximum atomic E-state index is 13.1. The molecule has 2 aromatic heterocycles. The van der Waals surface area contributed by atoms with E-state index in [0.29, 0.717) is 16.8 Å². The Morgan fingerprint density at radius 2 is 1.72 bits per heavy atom. The Kier molecular flexibility index (Phi) is 5.10. The average Bonchev–Trinajstić information content (AvgIpc) is 3.28. The van der Waals surface area contributed by atoms with E-state index in [1.165, 1.54) is 4.90 Å². The van der Waals surface area contributed by atoms with Crippen LogP contribution in [0.4, 0.5) is 5.69 Å². The minimum absolute atomic E-state index is 0.0800. The Morgan fingerprint density at radius 3 is 2.41 bits per heavy atom. The summed E-state index contributed by atoms with van der Waals surface area (Å²) in [4.78, 5) is 32.3. The highest BCUT2D eigenvalue weighted by atomic mass is 32.1. The van der Waals surface area contributed by atoms with Crippen LogP contribution in [0.15, 0.2) is 72.1 Å². The summed E-state index contributed by atoms with van der Waals surface area (Å²) in [5.74, 6) is -0.295. The highest BCUT2D eigenvalue weighted by Crippen LogP contribution is 2.28. The van der Waals surface area contributed by atoms with Gasteiger partial charge in [-0.15, -0.1) is 11.3 Å². The Hall–Kier alpha value is -3.51. The van der Waals surface area contributed by atoms with Crippen molar-refractivity contribution in [1.82, 2.24) is 9.88 Å². The summed E-state index contributed by atoms with van der Waals surface area (Å²) in [5.41, 5.74) is 3.31. The van der Waals surface area contributed by atoms with Crippen LogP contribution in [0, 0.1) is 0 Å². The molecule has 0 fully saturated rings. The molecule has 0 unspecified atom stereocenters. The molecule has 0 aliphatic heterocycles. The lowest BCUT2D eigenvalue weighted by molar-refractivity contribution is 0.0827. The van der Waals surface area contributed by atoms with E-state index in [1.807, 2.05) is 47.8 Å². The van der Waals surface area contributed by atoms with Gasteiger partial charge in [-0.2, -0.15) is 0 Å². The van der Waals surface area contributed by atoms with Crippen LogP contribution in [0.25, 0.3) is 21.5 Å². The van der Waals surface area contributed by atoms with E-state index in [4.69, 9.17) is 4.98 Å². The third-order valence-corrected chi connectivity index (χ3v) is 5.42. The van der Waals surface area contributed by atoms with Gasteiger partial charge in [-0.3, -0.25) is 9.59 Å². The van der Waals surface area contributed by atoms with E-state index >= 15 is 0 Å². The topological polar surface area (TPSA) is 62.3 Å². The van der Waals surface area contributed by atoms with Crippen LogP contribution in [0.3, 0.4) is 0 Å². The fourth-order valence-electron chi connectivity index (χ4n) is 3.07. The van der Waals surface area contributed by atoms with E-state index < -0.39 is 0 Å². The van der Waals surface area contributed by atoms with Crippen molar-refractivity contribution in [3.05, 3.63) is 83.2 Å². The van der Waals surface area contributed by atoms with Crippen molar-refractivity contribution in [1.29, 1.82) is 0 Å². The van der Waals surface area contributed by atoms with Crippen molar-refractivity contribution < 1.29 is 9.59 Å². The summed E-state index contributed by atoms with van der Waals surface area (Å²) in [6, 6.07) is 20.3. The molecule has 0 saturated carbocycles. The number of amides is 2. The number of carbonyl (C=O) groups excluding carboxylic acids is 2. The first-order chi connectivity index (χ1) is 14.0. The van der Waals surface area contributed by atoms with Gasteiger partial charge in [0.1, 0.15) is 0 Å². The zero-order valence-electron chi connectivity index (χ0n) is 16.0. The van der Waals surface area contributed by atoms with Crippen molar-refractivity contribution in [2.24, 2.45) is 0 Å². The van der Waals surface area contributed by atoms with Crippen LogP contribution >= 0.6 is 11.3 Å². The first-order valence-electron chi connectivity index (χ1n) is 9.09. The van der Waals surface area contributed by atoms with Crippen molar-refractivity contribution in [2.75, 3.05) is 19.4 Å². The summed E-state index contributed by atoms with van der Waals surface area (Å²) < 4.78 is 0. The fraction of sp³-hybridized carbons (Fsp3) is 0.0870. The molecule has 0 bridgehead atoms. The molecule has 0 aliphatic carbocycles. The van der Waals surface area contributed by atoms with E-state index in [0.717, 1.165) is 21.5 Å². The molecular formula is C23H19N3O2S. The summed E-state index contributed by atoms with van der Waals surface area (Å²) in [6.45, 7) is 0. The van der Waals surface area contributed by atoms with Gasteiger partial charge in [0.05, 0.1) is 21.7 Å². The summed E-state index contributed by atoms with van der Waals surface area (Å²) >= 11 is 1.59. The molecule has 2 aromatic carbocycles. The van der Waals surface area contributed by atoms with Gasteiger partial charge >= 0.3 is 0 Å². The van der Waals surface area contributed by atoms with Crippen molar-refractivity contribution in [2.45, 2.75) is 0 Å². The van der Waals surface area contributed by atoms with Crippen LogP contribution < -0.4 is 5.32 Å². The number of nitrogens with zero attached hydrogens (tertiary/aromatic N) is 2. The minimum Gasteiger partial charge on any atom is -0.345 e. The summed E-state index contributed by atoms with van der Waals surface area (Å²) in [6.07, 6.45) is 0. The van der Waals surface area contributed by atoms with Gasteiger partial charge < -0.3 is 10.2 Å². The van der Waals surface area contributed by atoms with Crippen LogP contribution in [0.1, 0.15) is 20.7 Å². The monoisotopic (exact) mass is 401 g/mol. The number of para-hydroxylation sites is 1. The van der Waals surface area contributed by atoms with Gasteiger partial charge in [-0.1, -0.05) is 24.3 Å². The Bertz CT molecular complexity index is 1180. The molecule has 29 heavy (non-hydrogen) atoms. The fourth-order valence-corrected chi connectivity index (χ4v) is 3.75. The van der Waals surface area contributed by atoms with Crippen LogP contribution in [-0.4, -0.2) is 35.8 Å². The van der Waals surface area contributed by atoms with Crippen molar-refractivity contribution in [3.8, 4) is 10.6 Å². The van der Waals surface area contributed by atoms with E-state index in [-0.39, 0.29) is 11.8 Å². The quantitative estimate of drug-likeness (QED) is 0.528. The van der Waals surface area contributed by atoms with E-state index in [2.05, 4.69) is 5.32 Å². The van der Waals surface area contributed by atoms with Gasteiger partial charge in [0.15, 0.2) is 0 Å². The Balaban J connectivity index is 1.67. The standard InChI is InChI=1S/C23H19N3O2S/c1-26(2)23(28)15-9-11-16(12-10-15)24-22(27)18-14-20(21-8-5-13-29-21)25-19-7-4-3-6-17(18)19/h3-14H,1-2H3,(H,24,27). The van der Waals surface area contributed by atoms with E-state index in [9.17, 15) is 9.59 Å². The minimum atomic E-state index is -0.215. The number of aromatic nitrogens is 1. The zero-order chi connectivity index (χ0) is 20.4. The maximum Gasteiger partial charge on any atom is 0.256 e. The first-order valence-corrected chi connectivity index (χ1v) is 9.97. The normalized spacial score (nSPS) is 10.7. The lowest BCUT2D eigenvalue weighted by Crippen LogP contribution is -2.21. The molecule has 0 radical (unpaired) electrons.